The molecule has 2 fully saturated rings. The first-order valence-corrected chi connectivity index (χ1v) is 11.7. The Balaban J connectivity index is 1.64. The van der Waals surface area contributed by atoms with Crippen molar-refractivity contribution >= 4 is 37.7 Å². The molecular formula is C22H27Br2N3O. The van der Waals surface area contributed by atoms with Gasteiger partial charge in [-0.05, 0) is 75.4 Å². The molecule has 6 heteroatoms. The zero-order chi connectivity index (χ0) is 19.9. The first kappa shape index (κ1) is 20.3. The van der Waals surface area contributed by atoms with Gasteiger partial charge in [0.1, 0.15) is 5.69 Å². The van der Waals surface area contributed by atoms with Gasteiger partial charge in [-0.15, -0.1) is 0 Å². The molecule has 1 N–H and O–H groups in total. The van der Waals surface area contributed by atoms with Crippen LogP contribution in [0.1, 0.15) is 50.4 Å². The number of anilines is 1. The summed E-state index contributed by atoms with van der Waals surface area (Å²) in [6.07, 6.45) is 6.56. The molecule has 1 atom stereocenters. The fourth-order valence-corrected chi connectivity index (χ4v) is 5.88. The molecule has 1 saturated carbocycles. The third kappa shape index (κ3) is 3.52. The van der Waals surface area contributed by atoms with Gasteiger partial charge in [0.25, 0.3) is 0 Å². The number of aliphatic hydroxyl groups excluding tert-OH is 1. The van der Waals surface area contributed by atoms with E-state index < -0.39 is 0 Å². The van der Waals surface area contributed by atoms with E-state index in [1.54, 1.807) is 0 Å². The summed E-state index contributed by atoms with van der Waals surface area (Å²) in [5, 5.41) is 10.0. The highest BCUT2D eigenvalue weighted by Crippen LogP contribution is 2.50. The summed E-state index contributed by atoms with van der Waals surface area (Å²) in [5.41, 5.74) is 3.89. The molecule has 1 aliphatic heterocycles. The van der Waals surface area contributed by atoms with Crippen LogP contribution in [-0.2, 0) is 6.61 Å². The number of halogens is 2. The highest BCUT2D eigenvalue weighted by Gasteiger charge is 2.42. The number of hydrogen-bond donors (Lipinski definition) is 1. The van der Waals surface area contributed by atoms with E-state index in [0.29, 0.717) is 11.1 Å². The van der Waals surface area contributed by atoms with Crippen LogP contribution in [0.15, 0.2) is 27.1 Å². The van der Waals surface area contributed by atoms with Crippen LogP contribution in [0.2, 0.25) is 0 Å². The third-order valence-electron chi connectivity index (χ3n) is 6.89. The highest BCUT2D eigenvalue weighted by molar-refractivity contribution is 9.13. The van der Waals surface area contributed by atoms with Crippen LogP contribution in [0.25, 0.3) is 11.3 Å². The van der Waals surface area contributed by atoms with Crippen molar-refractivity contribution in [3.05, 3.63) is 38.5 Å². The van der Waals surface area contributed by atoms with E-state index >= 15 is 0 Å². The maximum Gasteiger partial charge on any atom is 0.153 e. The second kappa shape index (κ2) is 8.04. The van der Waals surface area contributed by atoms with Gasteiger partial charge in [0.15, 0.2) is 5.82 Å². The standard InChI is InChI=1S/C22H27Br2N3O/c1-14-5-4-8-22(14)9-11-27(12-10-22)21-18(13-28)26-20(15(2)25-21)16-6-3-7-17(23)19(16)24/h3,6-7,14,28H,4-5,8-13H2,1-2H3/t14-/m1/s1. The Kier molecular flexibility index (Phi) is 5.83. The number of hydrogen-bond acceptors (Lipinski definition) is 4. The number of aryl methyl sites for hydroxylation is 1. The number of piperidine rings is 1. The van der Waals surface area contributed by atoms with Crippen LogP contribution in [0, 0.1) is 18.3 Å². The molecule has 2 aliphatic rings. The van der Waals surface area contributed by atoms with Gasteiger partial charge in [-0.3, -0.25) is 0 Å². The molecular weight excluding hydrogens is 482 g/mol. The predicted octanol–water partition coefficient (Wildman–Crippen LogP) is 5.88. The average molecular weight is 509 g/mol. The van der Waals surface area contributed by atoms with Crippen molar-refractivity contribution in [1.29, 1.82) is 0 Å². The molecule has 0 unspecified atom stereocenters. The van der Waals surface area contributed by atoms with E-state index in [9.17, 15) is 5.11 Å². The Hall–Kier alpha value is -0.980. The van der Waals surface area contributed by atoms with Crippen LogP contribution in [-0.4, -0.2) is 28.2 Å². The number of aromatic nitrogens is 2. The first-order valence-electron chi connectivity index (χ1n) is 10.1. The highest BCUT2D eigenvalue weighted by atomic mass is 79.9. The molecule has 1 aromatic carbocycles. The van der Waals surface area contributed by atoms with E-state index in [4.69, 9.17) is 9.97 Å². The molecule has 28 heavy (non-hydrogen) atoms. The first-order chi connectivity index (χ1) is 13.4. The molecule has 2 aromatic rings. The molecule has 1 spiro atoms. The number of aliphatic hydroxyl groups is 1. The minimum Gasteiger partial charge on any atom is -0.390 e. The van der Waals surface area contributed by atoms with Crippen molar-refractivity contribution in [1.82, 2.24) is 9.97 Å². The Morgan fingerprint density at radius 1 is 1.18 bits per heavy atom. The monoisotopic (exact) mass is 507 g/mol. The minimum absolute atomic E-state index is 0.0979. The fraction of sp³-hybridized carbons (Fsp3) is 0.545. The van der Waals surface area contributed by atoms with Gasteiger partial charge in [0, 0.05) is 27.6 Å². The topological polar surface area (TPSA) is 49.2 Å². The molecule has 1 aliphatic carbocycles. The van der Waals surface area contributed by atoms with E-state index in [1.165, 1.54) is 32.1 Å². The Morgan fingerprint density at radius 2 is 1.93 bits per heavy atom. The molecule has 4 rings (SSSR count). The quantitative estimate of drug-likeness (QED) is 0.562. The normalized spacial score (nSPS) is 21.5. The van der Waals surface area contributed by atoms with Crippen LogP contribution in [0.5, 0.6) is 0 Å². The molecule has 150 valence electrons. The lowest BCUT2D eigenvalue weighted by molar-refractivity contribution is 0.161. The summed E-state index contributed by atoms with van der Waals surface area (Å²) in [5.74, 6) is 1.69. The maximum atomic E-state index is 10.0. The van der Waals surface area contributed by atoms with Crippen molar-refractivity contribution < 1.29 is 5.11 Å². The van der Waals surface area contributed by atoms with Crippen LogP contribution < -0.4 is 4.90 Å². The molecule has 2 heterocycles. The van der Waals surface area contributed by atoms with Gasteiger partial charge >= 0.3 is 0 Å². The molecule has 4 nitrogen and oxygen atoms in total. The summed E-state index contributed by atoms with van der Waals surface area (Å²) >= 11 is 7.21. The van der Waals surface area contributed by atoms with E-state index in [2.05, 4.69) is 43.7 Å². The molecule has 0 bridgehead atoms. The second-order valence-corrected chi connectivity index (χ2v) is 9.98. The summed E-state index contributed by atoms with van der Waals surface area (Å²) in [7, 11) is 0. The molecule has 1 saturated heterocycles. The van der Waals surface area contributed by atoms with E-state index in [-0.39, 0.29) is 6.61 Å². The SMILES string of the molecule is Cc1nc(N2CCC3(CCC[C@H]3C)CC2)c(CO)nc1-c1cccc(Br)c1Br. The number of benzene rings is 1. The van der Waals surface area contributed by atoms with Crippen molar-refractivity contribution in [3.8, 4) is 11.3 Å². The summed E-state index contributed by atoms with van der Waals surface area (Å²) in [6, 6.07) is 6.01. The summed E-state index contributed by atoms with van der Waals surface area (Å²) in [4.78, 5) is 12.1. The van der Waals surface area contributed by atoms with Crippen molar-refractivity contribution in [2.75, 3.05) is 18.0 Å². The second-order valence-electron chi connectivity index (χ2n) is 8.33. The van der Waals surface area contributed by atoms with Gasteiger partial charge in [-0.1, -0.05) is 31.9 Å². The summed E-state index contributed by atoms with van der Waals surface area (Å²) < 4.78 is 1.94. The molecule has 1 aromatic heterocycles. The third-order valence-corrected chi connectivity index (χ3v) is 8.94. The minimum atomic E-state index is -0.0979. The van der Waals surface area contributed by atoms with Gasteiger partial charge in [0.05, 0.1) is 18.0 Å². The zero-order valence-corrected chi connectivity index (χ0v) is 19.7. The Labute approximate surface area is 184 Å². The summed E-state index contributed by atoms with van der Waals surface area (Å²) in [6.45, 7) is 6.34. The Morgan fingerprint density at radius 3 is 2.57 bits per heavy atom. The van der Waals surface area contributed by atoms with Crippen LogP contribution in [0.3, 0.4) is 0 Å². The fourth-order valence-electron chi connectivity index (χ4n) is 5.06. The van der Waals surface area contributed by atoms with Gasteiger partial charge in [-0.2, -0.15) is 0 Å². The van der Waals surface area contributed by atoms with Crippen LogP contribution >= 0.6 is 31.9 Å². The van der Waals surface area contributed by atoms with Crippen LogP contribution in [0.4, 0.5) is 5.82 Å². The maximum absolute atomic E-state index is 10.0. The average Bonchev–Trinajstić information content (AvgIpc) is 3.04. The lowest BCUT2D eigenvalue weighted by Gasteiger charge is -2.43. The van der Waals surface area contributed by atoms with Gasteiger partial charge < -0.3 is 10.0 Å². The van der Waals surface area contributed by atoms with Crippen molar-refractivity contribution in [2.24, 2.45) is 11.3 Å². The van der Waals surface area contributed by atoms with E-state index in [1.807, 2.05) is 25.1 Å². The van der Waals surface area contributed by atoms with Crippen molar-refractivity contribution in [3.63, 3.8) is 0 Å². The smallest absolute Gasteiger partial charge is 0.153 e. The molecule has 0 radical (unpaired) electrons. The number of nitrogens with zero attached hydrogens (tertiary/aromatic N) is 3. The largest absolute Gasteiger partial charge is 0.390 e. The zero-order valence-electron chi connectivity index (χ0n) is 16.5. The van der Waals surface area contributed by atoms with Gasteiger partial charge in [0.2, 0.25) is 0 Å². The lowest BCUT2D eigenvalue weighted by Crippen LogP contribution is -2.42. The molecule has 0 amide bonds. The predicted molar refractivity (Wildman–Crippen MR) is 120 cm³/mol. The number of rotatable bonds is 3. The van der Waals surface area contributed by atoms with Gasteiger partial charge in [-0.25, -0.2) is 9.97 Å². The Bertz CT molecular complexity index is 878. The lowest BCUT2D eigenvalue weighted by atomic mass is 9.71. The van der Waals surface area contributed by atoms with Crippen molar-refractivity contribution in [2.45, 2.75) is 52.6 Å². The van der Waals surface area contributed by atoms with E-state index in [0.717, 1.165) is 50.7 Å².